The lowest BCUT2D eigenvalue weighted by molar-refractivity contribution is -0.120. The first-order valence-electron chi connectivity index (χ1n) is 8.64. The summed E-state index contributed by atoms with van der Waals surface area (Å²) in [5.74, 6) is -0.251. The largest absolute Gasteiger partial charge is 0.359 e. The molecule has 6 heteroatoms. The fourth-order valence-electron chi connectivity index (χ4n) is 2.91. The average Bonchev–Trinajstić information content (AvgIpc) is 2.96. The molecule has 0 bridgehead atoms. The number of hydrogen-bond donors (Lipinski definition) is 1. The van der Waals surface area contributed by atoms with Crippen molar-refractivity contribution in [3.8, 4) is 17.3 Å². The Hall–Kier alpha value is -2.94. The number of benzene rings is 1. The van der Waals surface area contributed by atoms with E-state index in [9.17, 15) is 9.59 Å². The predicted octanol–water partition coefficient (Wildman–Crippen LogP) is 3.33. The Kier molecular flexibility index (Phi) is 5.93. The second-order valence-corrected chi connectivity index (χ2v) is 6.60. The highest BCUT2D eigenvalue weighted by molar-refractivity contribution is 5.99. The van der Waals surface area contributed by atoms with Crippen LogP contribution < -0.4 is 5.32 Å². The minimum absolute atomic E-state index is 0.0147. The molecule has 0 fully saturated rings. The number of aryl methyl sites for hydroxylation is 1. The number of amides is 1. The van der Waals surface area contributed by atoms with Crippen molar-refractivity contribution in [2.45, 2.75) is 46.6 Å². The van der Waals surface area contributed by atoms with Gasteiger partial charge in [-0.15, -0.1) is 0 Å². The maximum Gasteiger partial charge on any atom is 0.220 e. The van der Waals surface area contributed by atoms with Gasteiger partial charge in [0.2, 0.25) is 5.91 Å². The number of hydrogen-bond acceptors (Lipinski definition) is 4. The first kappa shape index (κ1) is 19.4. The Bertz CT molecular complexity index is 888. The summed E-state index contributed by atoms with van der Waals surface area (Å²) >= 11 is 0. The number of ketones is 1. The van der Waals surface area contributed by atoms with Gasteiger partial charge in [-0.1, -0.05) is 6.07 Å². The van der Waals surface area contributed by atoms with Crippen LogP contribution in [0.15, 0.2) is 18.2 Å². The highest BCUT2D eigenvalue weighted by atomic mass is 16.2. The molecule has 1 aromatic carbocycles. The molecule has 1 heterocycles. The zero-order chi connectivity index (χ0) is 19.4. The van der Waals surface area contributed by atoms with Gasteiger partial charge < -0.3 is 5.32 Å². The van der Waals surface area contributed by atoms with E-state index >= 15 is 0 Å². The summed E-state index contributed by atoms with van der Waals surface area (Å²) < 4.78 is 1.73. The molecule has 1 amide bonds. The average molecular weight is 352 g/mol. The number of rotatable bonds is 6. The van der Waals surface area contributed by atoms with Gasteiger partial charge in [0.1, 0.15) is 5.69 Å². The molecule has 0 radical (unpaired) electrons. The Morgan fingerprint density at radius 3 is 2.50 bits per heavy atom. The third-order valence-corrected chi connectivity index (χ3v) is 4.38. The second-order valence-electron chi connectivity index (χ2n) is 6.60. The molecule has 2 rings (SSSR count). The van der Waals surface area contributed by atoms with E-state index in [1.165, 1.54) is 0 Å². The summed E-state index contributed by atoms with van der Waals surface area (Å²) in [7, 11) is 1.56. The molecular formula is C20H24N4O2. The molecule has 0 aliphatic rings. The van der Waals surface area contributed by atoms with E-state index in [-0.39, 0.29) is 30.6 Å². The van der Waals surface area contributed by atoms with Gasteiger partial charge in [0.15, 0.2) is 5.78 Å². The van der Waals surface area contributed by atoms with E-state index < -0.39 is 0 Å². The smallest absolute Gasteiger partial charge is 0.220 e. The molecule has 2 aromatic rings. The molecule has 0 spiro atoms. The molecule has 1 aromatic heterocycles. The highest BCUT2D eigenvalue weighted by Gasteiger charge is 2.23. The van der Waals surface area contributed by atoms with Crippen molar-refractivity contribution in [2.24, 2.45) is 0 Å². The van der Waals surface area contributed by atoms with E-state index in [1.54, 1.807) is 17.8 Å². The monoisotopic (exact) mass is 352 g/mol. The SMILES string of the molecule is CNC(=O)CCC(=O)c1c(C)c(-c2ccc(C#N)c(C)c2)nn1C(C)C. The lowest BCUT2D eigenvalue weighted by atomic mass is 10.00. The second kappa shape index (κ2) is 7.96. The lowest BCUT2D eigenvalue weighted by Crippen LogP contribution is -2.20. The first-order chi connectivity index (χ1) is 12.3. The van der Waals surface area contributed by atoms with Crippen LogP contribution in [-0.2, 0) is 4.79 Å². The van der Waals surface area contributed by atoms with Gasteiger partial charge in [0.25, 0.3) is 0 Å². The fraction of sp³-hybridized carbons (Fsp3) is 0.400. The molecule has 0 aliphatic heterocycles. The summed E-state index contributed by atoms with van der Waals surface area (Å²) in [5, 5.41) is 16.3. The third-order valence-electron chi connectivity index (χ3n) is 4.38. The molecule has 0 aliphatic carbocycles. The molecular weight excluding hydrogens is 328 g/mol. The summed E-state index contributed by atoms with van der Waals surface area (Å²) in [4.78, 5) is 24.2. The normalized spacial score (nSPS) is 10.7. The highest BCUT2D eigenvalue weighted by Crippen LogP contribution is 2.29. The molecule has 26 heavy (non-hydrogen) atoms. The van der Waals surface area contributed by atoms with Crippen molar-refractivity contribution in [2.75, 3.05) is 7.05 Å². The predicted molar refractivity (Wildman–Crippen MR) is 99.9 cm³/mol. The standard InChI is InChI=1S/C20H24N4O2/c1-12(2)24-20(17(25)8-9-18(26)22-5)14(4)19(23-24)15-6-7-16(11-21)13(3)10-15/h6-7,10,12H,8-9H2,1-5H3,(H,22,26). The number of nitrogens with zero attached hydrogens (tertiary/aromatic N) is 3. The van der Waals surface area contributed by atoms with Gasteiger partial charge in [-0.2, -0.15) is 10.4 Å². The number of nitrogens with one attached hydrogen (secondary N) is 1. The number of carbonyl (C=O) groups is 2. The summed E-state index contributed by atoms with van der Waals surface area (Å²) in [6, 6.07) is 7.71. The Morgan fingerprint density at radius 2 is 1.96 bits per heavy atom. The van der Waals surface area contributed by atoms with Gasteiger partial charge in [0.05, 0.1) is 17.3 Å². The molecule has 0 unspecified atom stereocenters. The van der Waals surface area contributed by atoms with Crippen molar-refractivity contribution in [3.05, 3.63) is 40.6 Å². The summed E-state index contributed by atoms with van der Waals surface area (Å²) in [6.45, 7) is 7.69. The number of nitriles is 1. The molecule has 1 N–H and O–H groups in total. The quantitative estimate of drug-likeness (QED) is 0.808. The fourth-order valence-corrected chi connectivity index (χ4v) is 2.91. The summed E-state index contributed by atoms with van der Waals surface area (Å²) in [5.41, 5.74) is 4.44. The van der Waals surface area contributed by atoms with Crippen molar-refractivity contribution in [1.29, 1.82) is 5.26 Å². The van der Waals surface area contributed by atoms with Crippen LogP contribution in [0.25, 0.3) is 11.3 Å². The summed E-state index contributed by atoms with van der Waals surface area (Å²) in [6.07, 6.45) is 0.300. The van der Waals surface area contributed by atoms with E-state index in [2.05, 4.69) is 16.5 Å². The lowest BCUT2D eigenvalue weighted by Gasteiger charge is -2.10. The molecule has 6 nitrogen and oxygen atoms in total. The van der Waals surface area contributed by atoms with Crippen LogP contribution in [0.5, 0.6) is 0 Å². The third kappa shape index (κ3) is 3.83. The van der Waals surface area contributed by atoms with E-state index in [0.717, 1.165) is 22.4 Å². The van der Waals surface area contributed by atoms with Crippen LogP contribution in [0.4, 0.5) is 0 Å². The molecule has 0 atom stereocenters. The van der Waals surface area contributed by atoms with Crippen molar-refractivity contribution >= 4 is 11.7 Å². The van der Waals surface area contributed by atoms with Gasteiger partial charge in [-0.25, -0.2) is 0 Å². The van der Waals surface area contributed by atoms with Crippen LogP contribution in [-0.4, -0.2) is 28.5 Å². The van der Waals surface area contributed by atoms with Crippen LogP contribution in [0.2, 0.25) is 0 Å². The van der Waals surface area contributed by atoms with Crippen molar-refractivity contribution < 1.29 is 9.59 Å². The van der Waals surface area contributed by atoms with Gasteiger partial charge >= 0.3 is 0 Å². The van der Waals surface area contributed by atoms with E-state index in [1.807, 2.05) is 39.8 Å². The van der Waals surface area contributed by atoms with Crippen LogP contribution in [0.3, 0.4) is 0 Å². The van der Waals surface area contributed by atoms with Gasteiger partial charge in [-0.05, 0) is 45.4 Å². The molecule has 0 saturated heterocycles. The number of aromatic nitrogens is 2. The van der Waals surface area contributed by atoms with Gasteiger partial charge in [-0.3, -0.25) is 14.3 Å². The minimum atomic E-state index is -0.158. The Morgan fingerprint density at radius 1 is 1.27 bits per heavy atom. The van der Waals surface area contributed by atoms with Crippen molar-refractivity contribution in [3.63, 3.8) is 0 Å². The maximum absolute atomic E-state index is 12.7. The molecule has 0 saturated carbocycles. The number of carbonyl (C=O) groups excluding carboxylic acids is 2. The zero-order valence-electron chi connectivity index (χ0n) is 15.9. The van der Waals surface area contributed by atoms with E-state index in [0.29, 0.717) is 11.3 Å². The van der Waals surface area contributed by atoms with Crippen molar-refractivity contribution in [1.82, 2.24) is 15.1 Å². The maximum atomic E-state index is 12.7. The van der Waals surface area contributed by atoms with Crippen LogP contribution >= 0.6 is 0 Å². The topological polar surface area (TPSA) is 87.8 Å². The Balaban J connectivity index is 2.48. The Labute approximate surface area is 153 Å². The number of Topliss-reactive ketones (excluding diaryl/α,β-unsaturated/α-hetero) is 1. The minimum Gasteiger partial charge on any atom is -0.359 e. The zero-order valence-corrected chi connectivity index (χ0v) is 15.9. The van der Waals surface area contributed by atoms with Crippen LogP contribution in [0.1, 0.15) is 59.9 Å². The van der Waals surface area contributed by atoms with Gasteiger partial charge in [0, 0.05) is 37.1 Å². The van der Waals surface area contributed by atoms with Crippen LogP contribution in [0, 0.1) is 25.2 Å². The van der Waals surface area contributed by atoms with E-state index in [4.69, 9.17) is 5.26 Å². The first-order valence-corrected chi connectivity index (χ1v) is 8.64. The molecule has 136 valence electrons.